The Kier molecular flexibility index (Phi) is 12.5. The van der Waals surface area contributed by atoms with Gasteiger partial charge in [-0.1, -0.05) is 20.3 Å². The van der Waals surface area contributed by atoms with Gasteiger partial charge in [-0.05, 0) is 262 Å². The van der Waals surface area contributed by atoms with E-state index < -0.39 is 10.8 Å². The molecule has 0 spiro atoms. The van der Waals surface area contributed by atoms with Crippen molar-refractivity contribution in [1.29, 1.82) is 0 Å². The number of carbonyl (C=O) groups excluding carboxylic acids is 4. The van der Waals surface area contributed by atoms with Crippen molar-refractivity contribution in [3.8, 4) is 0 Å². The quantitative estimate of drug-likeness (QED) is 0.0486. The van der Waals surface area contributed by atoms with Gasteiger partial charge in [0.2, 0.25) is 0 Å². The highest BCUT2D eigenvalue weighted by Gasteiger charge is 2.68. The molecular weight excluding hydrogens is 869 g/mol. The number of carbonyl (C=O) groups is 4. The lowest BCUT2D eigenvalue weighted by Crippen LogP contribution is -2.48. The van der Waals surface area contributed by atoms with Crippen LogP contribution >= 0.6 is 0 Å². The van der Waals surface area contributed by atoms with Crippen molar-refractivity contribution in [2.45, 2.75) is 182 Å². The highest BCUT2D eigenvalue weighted by Crippen LogP contribution is 2.71. The molecule has 0 radical (unpaired) electrons. The van der Waals surface area contributed by atoms with E-state index in [-0.39, 0.29) is 61.5 Å². The number of fused-ring (bicyclic) bond motifs is 20. The van der Waals surface area contributed by atoms with Crippen LogP contribution in [0.5, 0.6) is 0 Å². The van der Waals surface area contributed by atoms with Crippen LogP contribution in [0.3, 0.4) is 0 Å². The van der Waals surface area contributed by atoms with Crippen LogP contribution in [-0.2, 0) is 47.6 Å². The zero-order chi connectivity index (χ0) is 47.7. The fourth-order valence-corrected chi connectivity index (χ4v) is 20.7. The van der Waals surface area contributed by atoms with E-state index in [1.54, 1.807) is 0 Å². The maximum absolute atomic E-state index is 13.2. The molecule has 10 heteroatoms. The average molecular weight is 957 g/mol. The minimum atomic E-state index is -0.418. The number of hydrogen-bond acceptors (Lipinski definition) is 10. The van der Waals surface area contributed by atoms with E-state index in [1.807, 2.05) is 34.6 Å². The van der Waals surface area contributed by atoms with Gasteiger partial charge in [-0.15, -0.1) is 0 Å². The third kappa shape index (κ3) is 8.38. The van der Waals surface area contributed by atoms with Gasteiger partial charge in [0.25, 0.3) is 0 Å². The van der Waals surface area contributed by atoms with Gasteiger partial charge >= 0.3 is 23.9 Å². The normalized spacial score (nSPS) is 48.1. The zero-order valence-electron chi connectivity index (χ0n) is 43.3. The van der Waals surface area contributed by atoms with E-state index >= 15 is 0 Å². The lowest BCUT2D eigenvalue weighted by molar-refractivity contribution is -0.175. The van der Waals surface area contributed by atoms with Gasteiger partial charge in [0.05, 0.1) is 35.9 Å². The van der Waals surface area contributed by atoms with Crippen molar-refractivity contribution in [2.75, 3.05) is 26.8 Å². The number of hydrogen-bond donors (Lipinski definition) is 0. The smallest absolute Gasteiger partial charge is 0.311 e. The summed E-state index contributed by atoms with van der Waals surface area (Å²) in [5, 5.41) is 0. The molecule has 0 amide bonds. The molecule has 14 fully saturated rings. The van der Waals surface area contributed by atoms with E-state index in [4.69, 9.17) is 28.4 Å². The summed E-state index contributed by atoms with van der Waals surface area (Å²) in [5.41, 5.74) is -0.471. The number of ether oxygens (including phenoxy) is 6. The van der Waals surface area contributed by atoms with Gasteiger partial charge in [-0.25, -0.2) is 0 Å². The largest absolute Gasteiger partial charge is 0.462 e. The summed E-state index contributed by atoms with van der Waals surface area (Å²) < 4.78 is 35.5. The maximum atomic E-state index is 13.2. The molecule has 19 unspecified atom stereocenters. The van der Waals surface area contributed by atoms with E-state index in [0.29, 0.717) is 70.5 Å². The first kappa shape index (κ1) is 47.8. The van der Waals surface area contributed by atoms with Crippen molar-refractivity contribution >= 4 is 23.9 Å². The fraction of sp³-hybridized carbons (Fsp3) is 0.932. The monoisotopic (exact) mass is 957 g/mol. The molecule has 0 N–H and O–H groups in total. The molecule has 14 saturated carbocycles. The topological polar surface area (TPSA) is 124 Å². The maximum Gasteiger partial charge on any atom is 0.311 e. The standard InChI is InChI=1S/C31H46O5.C28H42O5/c1-4-30(2,3)29(33)36-25-11-21-10-24(25)27-22-8-20(26(21)27)9-23(22)28(32)35-16-34-15-31-12-17-5-18(13-31)7-19(6-17)14-31;1-4-28(2,3)27(30)33-23-12-18-11-22(23)25-20-9-17(24(18)25)10-21(20)26(29)32-14-31-13-19-8-15-5-6-16(19)7-15/h17-27H,4-16H2,1-3H3;15-25H,4-14H2,1-3H3. The Labute approximate surface area is 413 Å². The molecule has 14 aliphatic rings. The highest BCUT2D eigenvalue weighted by molar-refractivity contribution is 5.77. The van der Waals surface area contributed by atoms with Crippen LogP contribution in [0.25, 0.3) is 0 Å². The molecule has 0 saturated heterocycles. The van der Waals surface area contributed by atoms with Crippen molar-refractivity contribution < 1.29 is 47.6 Å². The van der Waals surface area contributed by atoms with E-state index in [9.17, 15) is 19.2 Å². The Morgan fingerprint density at radius 3 is 1.39 bits per heavy atom. The van der Waals surface area contributed by atoms with Gasteiger partial charge in [-0.2, -0.15) is 0 Å². The summed E-state index contributed by atoms with van der Waals surface area (Å²) in [4.78, 5) is 51.7. The van der Waals surface area contributed by atoms with Gasteiger partial charge in [-0.3, -0.25) is 19.2 Å². The van der Waals surface area contributed by atoms with Crippen LogP contribution in [-0.4, -0.2) is 62.9 Å². The molecule has 14 bridgehead atoms. The summed E-state index contributed by atoms with van der Waals surface area (Å²) in [6.45, 7) is 13.8. The highest BCUT2D eigenvalue weighted by atomic mass is 16.7. The zero-order valence-corrected chi connectivity index (χ0v) is 43.3. The van der Waals surface area contributed by atoms with Crippen LogP contribution in [0.1, 0.15) is 170 Å². The van der Waals surface area contributed by atoms with Gasteiger partial charge in [0, 0.05) is 0 Å². The van der Waals surface area contributed by atoms with Gasteiger partial charge in [0.15, 0.2) is 13.6 Å². The Morgan fingerprint density at radius 1 is 0.478 bits per heavy atom. The fourth-order valence-electron chi connectivity index (χ4n) is 20.7. The lowest BCUT2D eigenvalue weighted by Gasteiger charge is -2.56. The number of esters is 4. The van der Waals surface area contributed by atoms with Crippen LogP contribution in [0.4, 0.5) is 0 Å². The van der Waals surface area contributed by atoms with Crippen LogP contribution in [0.2, 0.25) is 0 Å². The minimum Gasteiger partial charge on any atom is -0.462 e. The van der Waals surface area contributed by atoms with Crippen molar-refractivity contribution in [3.63, 3.8) is 0 Å². The summed E-state index contributed by atoms with van der Waals surface area (Å²) in [6.07, 6.45) is 24.2. The molecule has 0 aromatic carbocycles. The summed E-state index contributed by atoms with van der Waals surface area (Å²) in [5.74, 6) is 12.0. The minimum absolute atomic E-state index is 0.0159. The first-order valence-electron chi connectivity index (χ1n) is 29.0. The summed E-state index contributed by atoms with van der Waals surface area (Å²) in [7, 11) is 0. The molecule has 14 rings (SSSR count). The molecule has 14 aliphatic carbocycles. The van der Waals surface area contributed by atoms with Gasteiger partial charge < -0.3 is 28.4 Å². The molecule has 19 atom stereocenters. The molecule has 10 nitrogen and oxygen atoms in total. The average Bonchev–Trinajstić information content (AvgIpc) is 4.18. The second-order valence-electron chi connectivity index (χ2n) is 28.2. The summed E-state index contributed by atoms with van der Waals surface area (Å²) in [6, 6.07) is 0. The van der Waals surface area contributed by atoms with Gasteiger partial charge in [0.1, 0.15) is 12.2 Å². The van der Waals surface area contributed by atoms with Crippen LogP contribution in [0.15, 0.2) is 0 Å². The van der Waals surface area contributed by atoms with Crippen molar-refractivity contribution in [3.05, 3.63) is 0 Å². The van der Waals surface area contributed by atoms with Crippen LogP contribution < -0.4 is 0 Å². The molecule has 69 heavy (non-hydrogen) atoms. The first-order valence-corrected chi connectivity index (χ1v) is 29.0. The third-order valence-electron chi connectivity index (χ3n) is 23.9. The third-order valence-corrected chi connectivity index (χ3v) is 23.9. The molecule has 384 valence electrons. The Hall–Kier alpha value is -2.20. The summed E-state index contributed by atoms with van der Waals surface area (Å²) >= 11 is 0. The molecule has 0 aliphatic heterocycles. The van der Waals surface area contributed by atoms with Crippen LogP contribution in [0, 0.1) is 135 Å². The lowest BCUT2D eigenvalue weighted by atomic mass is 9.50. The Morgan fingerprint density at radius 2 is 0.942 bits per heavy atom. The molecule has 0 aromatic heterocycles. The second-order valence-corrected chi connectivity index (χ2v) is 28.2. The predicted molar refractivity (Wildman–Crippen MR) is 257 cm³/mol. The van der Waals surface area contributed by atoms with Crippen molar-refractivity contribution in [1.82, 2.24) is 0 Å². The second kappa shape index (κ2) is 18.0. The SMILES string of the molecule is CCC(C)(C)C(=O)OC1CC2CC1C1C3CC(CC3C(=O)OCOCC34CC5CC(CC(C5)C3)C4)C21.CCC(C)(C)C(=O)OC1CC2CC1C1C3CC(CC3C(=O)OCOCC3CC4CCC3C4)C21. The first-order chi connectivity index (χ1) is 33.1. The number of rotatable bonds is 16. The molecule has 0 aromatic rings. The molecule has 0 heterocycles. The predicted octanol–water partition coefficient (Wildman–Crippen LogP) is 11.2. The van der Waals surface area contributed by atoms with E-state index in [1.165, 1.54) is 77.0 Å². The Balaban J connectivity index is 0.000000143. The Bertz CT molecular complexity index is 1940. The van der Waals surface area contributed by atoms with E-state index in [2.05, 4.69) is 6.92 Å². The van der Waals surface area contributed by atoms with Crippen molar-refractivity contribution in [2.24, 2.45) is 135 Å². The van der Waals surface area contributed by atoms with E-state index in [0.717, 1.165) is 106 Å². The molecular formula is C59H88O10.